The lowest BCUT2D eigenvalue weighted by Crippen LogP contribution is -2.44. The molecule has 116 valence electrons. The third-order valence-corrected chi connectivity index (χ3v) is 3.13. The molecule has 0 spiro atoms. The van der Waals surface area contributed by atoms with E-state index in [-0.39, 0.29) is 13.2 Å². The molecule has 2 atom stereocenters. The summed E-state index contributed by atoms with van der Waals surface area (Å²) in [6.07, 6.45) is 3.17. The van der Waals surface area contributed by atoms with Gasteiger partial charge in [-0.25, -0.2) is 4.79 Å². The Morgan fingerprint density at radius 3 is 3.10 bits per heavy atom. The number of carbonyl (C=O) groups excluding carboxylic acids is 1. The van der Waals surface area contributed by atoms with Crippen molar-refractivity contribution in [1.82, 2.24) is 15.1 Å². The molecule has 1 aromatic heterocycles. The van der Waals surface area contributed by atoms with Gasteiger partial charge in [0, 0.05) is 13.3 Å². The van der Waals surface area contributed by atoms with Crippen LogP contribution in [-0.2, 0) is 20.8 Å². The Bertz CT molecular complexity index is 504. The van der Waals surface area contributed by atoms with Gasteiger partial charge >= 0.3 is 12.0 Å². The van der Waals surface area contributed by atoms with Crippen molar-refractivity contribution in [3.63, 3.8) is 0 Å². The highest BCUT2D eigenvalue weighted by Crippen LogP contribution is 2.14. The number of ether oxygens (including phenoxy) is 2. The molecular weight excluding hydrogens is 280 g/mol. The Kier molecular flexibility index (Phi) is 5.12. The van der Waals surface area contributed by atoms with Crippen LogP contribution < -0.4 is 10.6 Å². The van der Waals surface area contributed by atoms with E-state index >= 15 is 0 Å². The van der Waals surface area contributed by atoms with Gasteiger partial charge in [-0.1, -0.05) is 0 Å². The Morgan fingerprint density at radius 1 is 1.57 bits per heavy atom. The van der Waals surface area contributed by atoms with Crippen LogP contribution in [0.15, 0.2) is 12.4 Å². The minimum absolute atomic E-state index is 0.106. The first-order valence-electron chi connectivity index (χ1n) is 6.49. The number of rotatable bonds is 6. The molecule has 2 rings (SSSR count). The highest BCUT2D eigenvalue weighted by atomic mass is 16.5. The molecule has 1 saturated heterocycles. The van der Waals surface area contributed by atoms with E-state index in [0.717, 1.165) is 0 Å². The molecule has 0 aromatic carbocycles. The number of aromatic nitrogens is 2. The van der Waals surface area contributed by atoms with Gasteiger partial charge in [-0.3, -0.25) is 9.48 Å². The second kappa shape index (κ2) is 7.04. The molecule has 0 aliphatic carbocycles. The van der Waals surface area contributed by atoms with E-state index in [0.29, 0.717) is 18.8 Å². The van der Waals surface area contributed by atoms with Crippen molar-refractivity contribution < 1.29 is 24.2 Å². The van der Waals surface area contributed by atoms with Crippen LogP contribution in [-0.4, -0.2) is 59.9 Å². The number of nitrogens with one attached hydrogen (secondary N) is 2. The van der Waals surface area contributed by atoms with E-state index in [1.807, 2.05) is 0 Å². The number of nitrogens with zero attached hydrogens (tertiary/aromatic N) is 2. The fourth-order valence-electron chi connectivity index (χ4n) is 2.01. The van der Waals surface area contributed by atoms with Crippen LogP contribution in [0.25, 0.3) is 0 Å². The van der Waals surface area contributed by atoms with E-state index < -0.39 is 24.0 Å². The van der Waals surface area contributed by atoms with Gasteiger partial charge in [0.15, 0.2) is 0 Å². The summed E-state index contributed by atoms with van der Waals surface area (Å²) in [4.78, 5) is 22.8. The summed E-state index contributed by atoms with van der Waals surface area (Å²) < 4.78 is 11.6. The first-order chi connectivity index (χ1) is 10.1. The van der Waals surface area contributed by atoms with Crippen LogP contribution in [0.2, 0.25) is 0 Å². The first kappa shape index (κ1) is 15.3. The maximum atomic E-state index is 11.8. The molecule has 2 unspecified atom stereocenters. The summed E-state index contributed by atoms with van der Waals surface area (Å²) in [6, 6.07) is -1.02. The normalized spacial score (nSPS) is 21.2. The molecule has 1 aromatic rings. The zero-order chi connectivity index (χ0) is 15.2. The van der Waals surface area contributed by atoms with Crippen LogP contribution in [0, 0.1) is 5.92 Å². The number of hydrogen-bond donors (Lipinski definition) is 3. The van der Waals surface area contributed by atoms with Crippen LogP contribution in [0.4, 0.5) is 10.5 Å². The van der Waals surface area contributed by atoms with Gasteiger partial charge in [-0.2, -0.15) is 5.10 Å². The largest absolute Gasteiger partial charge is 0.481 e. The summed E-state index contributed by atoms with van der Waals surface area (Å²) in [6.45, 7) is 1.40. The molecule has 1 aliphatic rings. The SMILES string of the molecule is COCCn1cc(NC(=O)NC2COCC2C(=O)O)cn1. The third-order valence-electron chi connectivity index (χ3n) is 3.13. The van der Waals surface area contributed by atoms with Gasteiger partial charge in [0.05, 0.1) is 44.3 Å². The molecule has 0 radical (unpaired) electrons. The zero-order valence-electron chi connectivity index (χ0n) is 11.6. The van der Waals surface area contributed by atoms with Crippen molar-refractivity contribution in [3.8, 4) is 0 Å². The molecule has 3 N–H and O–H groups in total. The Hall–Kier alpha value is -2.13. The highest BCUT2D eigenvalue weighted by Gasteiger charge is 2.35. The number of carbonyl (C=O) groups is 2. The van der Waals surface area contributed by atoms with Gasteiger partial charge in [0.25, 0.3) is 0 Å². The zero-order valence-corrected chi connectivity index (χ0v) is 11.6. The van der Waals surface area contributed by atoms with Crippen molar-refractivity contribution in [2.24, 2.45) is 5.92 Å². The second-order valence-electron chi connectivity index (χ2n) is 4.67. The third kappa shape index (κ3) is 4.17. The number of methoxy groups -OCH3 is 1. The summed E-state index contributed by atoms with van der Waals surface area (Å²) >= 11 is 0. The summed E-state index contributed by atoms with van der Waals surface area (Å²) in [5, 5.41) is 18.2. The van der Waals surface area contributed by atoms with Crippen LogP contribution in [0.1, 0.15) is 0 Å². The van der Waals surface area contributed by atoms with E-state index in [9.17, 15) is 9.59 Å². The van der Waals surface area contributed by atoms with Crippen LogP contribution >= 0.6 is 0 Å². The highest BCUT2D eigenvalue weighted by molar-refractivity contribution is 5.89. The van der Waals surface area contributed by atoms with Crippen molar-refractivity contribution in [3.05, 3.63) is 12.4 Å². The fourth-order valence-corrected chi connectivity index (χ4v) is 2.01. The number of urea groups is 1. The molecule has 1 aliphatic heterocycles. The maximum absolute atomic E-state index is 11.8. The monoisotopic (exact) mass is 298 g/mol. The molecule has 9 nitrogen and oxygen atoms in total. The van der Waals surface area contributed by atoms with E-state index in [1.54, 1.807) is 18.0 Å². The average Bonchev–Trinajstić information content (AvgIpc) is 3.05. The first-order valence-corrected chi connectivity index (χ1v) is 6.49. The lowest BCUT2D eigenvalue weighted by atomic mass is 10.0. The maximum Gasteiger partial charge on any atom is 0.319 e. The van der Waals surface area contributed by atoms with Gasteiger partial charge < -0.3 is 25.2 Å². The van der Waals surface area contributed by atoms with E-state index in [2.05, 4.69) is 15.7 Å². The summed E-state index contributed by atoms with van der Waals surface area (Å²) in [5.74, 6) is -1.70. The summed E-state index contributed by atoms with van der Waals surface area (Å²) in [7, 11) is 1.60. The predicted molar refractivity (Wildman–Crippen MR) is 72.0 cm³/mol. The predicted octanol–water partition coefficient (Wildman–Crippen LogP) is -0.249. The smallest absolute Gasteiger partial charge is 0.319 e. The van der Waals surface area contributed by atoms with Crippen LogP contribution in [0.5, 0.6) is 0 Å². The van der Waals surface area contributed by atoms with Crippen LogP contribution in [0.3, 0.4) is 0 Å². The van der Waals surface area contributed by atoms with E-state index in [4.69, 9.17) is 14.6 Å². The van der Waals surface area contributed by atoms with Crippen molar-refractivity contribution in [2.75, 3.05) is 32.2 Å². The molecular formula is C12H18N4O5. The fraction of sp³-hybridized carbons (Fsp3) is 0.583. The number of hydrogen-bond acceptors (Lipinski definition) is 5. The van der Waals surface area contributed by atoms with Crippen molar-refractivity contribution >= 4 is 17.7 Å². The standard InChI is InChI=1S/C12H18N4O5/c1-20-3-2-16-5-8(4-13-16)14-12(19)15-10-7-21-6-9(10)11(17)18/h4-5,9-10H,2-3,6-7H2,1H3,(H,17,18)(H2,14,15,19). The Labute approximate surface area is 121 Å². The topological polar surface area (TPSA) is 115 Å². The summed E-state index contributed by atoms with van der Waals surface area (Å²) in [5.41, 5.74) is 0.523. The average molecular weight is 298 g/mol. The minimum Gasteiger partial charge on any atom is -0.481 e. The van der Waals surface area contributed by atoms with Crippen molar-refractivity contribution in [1.29, 1.82) is 0 Å². The molecule has 1 fully saturated rings. The molecule has 21 heavy (non-hydrogen) atoms. The molecule has 0 saturated carbocycles. The number of aliphatic carboxylic acids is 1. The Balaban J connectivity index is 1.84. The lowest BCUT2D eigenvalue weighted by molar-refractivity contribution is -0.142. The molecule has 9 heteroatoms. The van der Waals surface area contributed by atoms with Crippen molar-refractivity contribution in [2.45, 2.75) is 12.6 Å². The molecule has 0 bridgehead atoms. The van der Waals surface area contributed by atoms with Gasteiger partial charge in [-0.05, 0) is 0 Å². The van der Waals surface area contributed by atoms with Gasteiger partial charge in [0.2, 0.25) is 0 Å². The number of carboxylic acid groups (broad SMARTS) is 1. The number of amides is 2. The molecule has 2 amide bonds. The lowest BCUT2D eigenvalue weighted by Gasteiger charge is -2.15. The minimum atomic E-state index is -0.981. The van der Waals surface area contributed by atoms with Gasteiger partial charge in [-0.15, -0.1) is 0 Å². The number of carboxylic acids is 1. The second-order valence-corrected chi connectivity index (χ2v) is 4.67. The van der Waals surface area contributed by atoms with E-state index in [1.165, 1.54) is 6.20 Å². The Morgan fingerprint density at radius 2 is 2.38 bits per heavy atom. The number of anilines is 1. The quantitative estimate of drug-likeness (QED) is 0.667. The molecule has 2 heterocycles. The van der Waals surface area contributed by atoms with Gasteiger partial charge in [0.1, 0.15) is 5.92 Å².